The normalized spacial score (nSPS) is 13.8. The van der Waals surface area contributed by atoms with Crippen molar-refractivity contribution >= 4 is 30.1 Å². The summed E-state index contributed by atoms with van der Waals surface area (Å²) in [6.45, 7) is 13.6. The van der Waals surface area contributed by atoms with Crippen LogP contribution in [-0.4, -0.2) is 69.0 Å². The number of hydrogen-bond donors (Lipinski definition) is 3. The molecule has 12 nitrogen and oxygen atoms in total. The predicted molar refractivity (Wildman–Crippen MR) is 120 cm³/mol. The van der Waals surface area contributed by atoms with Gasteiger partial charge in [-0.2, -0.15) is 4.90 Å². The molecular formula is C21H38N4O8. The van der Waals surface area contributed by atoms with E-state index in [-0.39, 0.29) is 23.8 Å². The summed E-state index contributed by atoms with van der Waals surface area (Å²) in [6.07, 6.45) is -3.42. The zero-order chi connectivity index (χ0) is 26.4. The largest absolute Gasteiger partial charge is 0.479 e. The summed E-state index contributed by atoms with van der Waals surface area (Å²) in [6, 6.07) is 0. The molecule has 0 bridgehead atoms. The third-order valence-corrected chi connectivity index (χ3v) is 3.62. The molecule has 0 rings (SSSR count). The topological polar surface area (TPSA) is 184 Å². The van der Waals surface area contributed by atoms with Gasteiger partial charge in [-0.3, -0.25) is 4.99 Å². The number of carbonyl (C=O) groups excluding carboxylic acids is 3. The van der Waals surface area contributed by atoms with E-state index in [9.17, 15) is 24.3 Å². The van der Waals surface area contributed by atoms with Crippen molar-refractivity contribution in [1.29, 1.82) is 0 Å². The summed E-state index contributed by atoms with van der Waals surface area (Å²) in [5.74, 6) is -3.40. The first-order valence-electron chi connectivity index (χ1n) is 10.4. The van der Waals surface area contributed by atoms with Crippen LogP contribution in [0.2, 0.25) is 0 Å². The number of imide groups is 1. The number of amides is 2. The van der Waals surface area contributed by atoms with E-state index in [0.717, 1.165) is 0 Å². The molecule has 0 aliphatic heterocycles. The third kappa shape index (κ3) is 9.96. The van der Waals surface area contributed by atoms with Crippen molar-refractivity contribution in [2.45, 2.75) is 97.5 Å². The fourth-order valence-electron chi connectivity index (χ4n) is 2.50. The van der Waals surface area contributed by atoms with Crippen molar-refractivity contribution in [3.05, 3.63) is 0 Å². The molecule has 0 radical (unpaired) electrons. The highest BCUT2D eigenvalue weighted by atomic mass is 16.6. The quantitative estimate of drug-likeness (QED) is 0.124. The number of ether oxygens (including phenoxy) is 3. The van der Waals surface area contributed by atoms with Crippen molar-refractivity contribution in [2.75, 3.05) is 6.54 Å². The minimum absolute atomic E-state index is 0.0728. The van der Waals surface area contributed by atoms with Crippen LogP contribution in [0.25, 0.3) is 0 Å². The van der Waals surface area contributed by atoms with Crippen molar-refractivity contribution < 1.29 is 38.5 Å². The molecule has 12 heteroatoms. The van der Waals surface area contributed by atoms with E-state index in [1.807, 2.05) is 0 Å². The molecule has 33 heavy (non-hydrogen) atoms. The van der Waals surface area contributed by atoms with Crippen LogP contribution in [0.1, 0.15) is 75.2 Å². The Hall–Kier alpha value is -3.05. The highest BCUT2D eigenvalue weighted by Crippen LogP contribution is 2.31. The molecule has 190 valence electrons. The van der Waals surface area contributed by atoms with Gasteiger partial charge in [-0.05, 0) is 75.2 Å². The number of carboxylic acids is 1. The summed E-state index contributed by atoms with van der Waals surface area (Å²) >= 11 is 0. The second-order valence-electron chi connectivity index (χ2n) is 10.4. The molecule has 0 aliphatic carbocycles. The zero-order valence-electron chi connectivity index (χ0n) is 21.0. The maximum absolute atomic E-state index is 13.3. The van der Waals surface area contributed by atoms with E-state index in [0.29, 0.717) is 0 Å². The van der Waals surface area contributed by atoms with Crippen LogP contribution in [0.3, 0.4) is 0 Å². The van der Waals surface area contributed by atoms with Crippen LogP contribution in [0, 0.1) is 0 Å². The molecule has 0 heterocycles. The van der Waals surface area contributed by atoms with Crippen LogP contribution in [0.15, 0.2) is 4.99 Å². The van der Waals surface area contributed by atoms with Gasteiger partial charge in [0.2, 0.25) is 0 Å². The van der Waals surface area contributed by atoms with Gasteiger partial charge in [0, 0.05) is 6.54 Å². The van der Waals surface area contributed by atoms with E-state index in [1.165, 1.54) is 62.3 Å². The minimum atomic E-state index is -2.81. The fraction of sp³-hybridized carbons (Fsp3) is 0.762. The van der Waals surface area contributed by atoms with Crippen LogP contribution < -0.4 is 11.5 Å². The maximum Gasteiger partial charge on any atom is 0.421 e. The average molecular weight is 475 g/mol. The van der Waals surface area contributed by atoms with Gasteiger partial charge in [-0.15, -0.1) is 0 Å². The summed E-state index contributed by atoms with van der Waals surface area (Å²) in [5, 5.41) is 10.2. The number of carbonyl (C=O) groups is 4. The molecule has 2 amide bonds. The molecule has 0 unspecified atom stereocenters. The number of hydrogen-bond acceptors (Lipinski definition) is 8. The predicted octanol–water partition coefficient (Wildman–Crippen LogP) is 2.38. The molecule has 0 aromatic carbocycles. The number of nitrogens with two attached hydrogens (primary N) is 2. The lowest BCUT2D eigenvalue weighted by Gasteiger charge is -2.39. The molecule has 0 aliphatic rings. The van der Waals surface area contributed by atoms with E-state index in [1.54, 1.807) is 0 Å². The number of guanidine groups is 1. The lowest BCUT2D eigenvalue weighted by atomic mass is 9.91. The number of aliphatic carboxylic acids is 1. The molecule has 1 atom stereocenters. The van der Waals surface area contributed by atoms with Gasteiger partial charge in [0.25, 0.3) is 5.54 Å². The van der Waals surface area contributed by atoms with E-state index >= 15 is 0 Å². The van der Waals surface area contributed by atoms with Gasteiger partial charge in [-0.25, -0.2) is 19.2 Å². The Balaban J connectivity index is 6.81. The lowest BCUT2D eigenvalue weighted by molar-refractivity contribution is -0.179. The van der Waals surface area contributed by atoms with Crippen LogP contribution >= 0.6 is 0 Å². The Morgan fingerprint density at radius 1 is 0.788 bits per heavy atom. The van der Waals surface area contributed by atoms with E-state index in [2.05, 4.69) is 4.99 Å². The Bertz CT molecular complexity index is 743. The number of carboxylic acid groups (broad SMARTS) is 1. The molecule has 0 saturated carbocycles. The van der Waals surface area contributed by atoms with Crippen molar-refractivity contribution in [3.8, 4) is 0 Å². The maximum atomic E-state index is 13.3. The molecule has 0 fully saturated rings. The van der Waals surface area contributed by atoms with E-state index in [4.69, 9.17) is 25.7 Å². The molecule has 0 aromatic rings. The van der Waals surface area contributed by atoms with Crippen molar-refractivity contribution in [2.24, 2.45) is 16.5 Å². The molecule has 0 aromatic heterocycles. The highest BCUT2D eigenvalue weighted by Gasteiger charge is 2.60. The Kier molecular flexibility index (Phi) is 9.72. The van der Waals surface area contributed by atoms with Crippen molar-refractivity contribution in [1.82, 2.24) is 4.90 Å². The second-order valence-corrected chi connectivity index (χ2v) is 10.4. The van der Waals surface area contributed by atoms with Crippen molar-refractivity contribution in [3.63, 3.8) is 0 Å². The van der Waals surface area contributed by atoms with Gasteiger partial charge < -0.3 is 30.8 Å². The number of nitrogens with zero attached hydrogens (tertiary/aromatic N) is 2. The van der Waals surface area contributed by atoms with Gasteiger partial charge in [0.05, 0.1) is 0 Å². The van der Waals surface area contributed by atoms with Crippen LogP contribution in [0.4, 0.5) is 9.59 Å². The fourth-order valence-corrected chi connectivity index (χ4v) is 2.50. The molecular weight excluding hydrogens is 436 g/mol. The lowest BCUT2D eigenvalue weighted by Crippen LogP contribution is -2.66. The summed E-state index contributed by atoms with van der Waals surface area (Å²) < 4.78 is 15.8. The molecule has 5 N–H and O–H groups in total. The summed E-state index contributed by atoms with van der Waals surface area (Å²) in [4.78, 5) is 56.1. The first-order valence-corrected chi connectivity index (χ1v) is 10.4. The first kappa shape index (κ1) is 29.9. The van der Waals surface area contributed by atoms with Gasteiger partial charge in [0.1, 0.15) is 16.8 Å². The minimum Gasteiger partial charge on any atom is -0.479 e. The number of esters is 1. The van der Waals surface area contributed by atoms with Gasteiger partial charge in [0.15, 0.2) is 5.96 Å². The first-order chi connectivity index (χ1) is 14.6. The SMILES string of the molecule is CC(C)(C)OC(=O)N(C(=O)OC(C)(C)C)[C@@](CCCN=C(N)N)(C(=O)O)C(=O)OC(C)(C)C. The number of aliphatic imine (C=N–C) groups is 1. The molecule has 0 spiro atoms. The van der Waals surface area contributed by atoms with E-state index < -0.39 is 52.9 Å². The smallest absolute Gasteiger partial charge is 0.421 e. The Labute approximate surface area is 194 Å². The van der Waals surface area contributed by atoms with Gasteiger partial charge >= 0.3 is 24.1 Å². The second kappa shape index (κ2) is 10.7. The average Bonchev–Trinajstić information content (AvgIpc) is 2.51. The monoisotopic (exact) mass is 474 g/mol. The summed E-state index contributed by atoms with van der Waals surface area (Å²) in [5.41, 5.74) is 4.43. The summed E-state index contributed by atoms with van der Waals surface area (Å²) in [7, 11) is 0. The molecule has 0 saturated heterocycles. The Morgan fingerprint density at radius 3 is 1.48 bits per heavy atom. The van der Waals surface area contributed by atoms with Crippen LogP contribution in [0.5, 0.6) is 0 Å². The number of rotatable bonds is 7. The third-order valence-electron chi connectivity index (χ3n) is 3.62. The highest BCUT2D eigenvalue weighted by molar-refractivity contribution is 6.11. The zero-order valence-corrected chi connectivity index (χ0v) is 21.0. The Morgan fingerprint density at radius 2 is 1.18 bits per heavy atom. The van der Waals surface area contributed by atoms with Crippen LogP contribution in [-0.2, 0) is 23.8 Å². The van der Waals surface area contributed by atoms with Gasteiger partial charge in [-0.1, -0.05) is 0 Å². The standard InChI is InChI=1S/C21H38N4O8/c1-18(2,3)31-14(28)21(13(26)27,11-10-12-24-15(22)23)25(16(29)32-19(4,5)6)17(30)33-20(7,8)9/h10-12H2,1-9H3,(H,26,27)(H4,22,23,24)/t21-/m0/s1.